The number of amides is 4. The second-order valence-corrected chi connectivity index (χ2v) is 4.36. The van der Waals surface area contributed by atoms with Crippen molar-refractivity contribution in [2.45, 2.75) is 13.0 Å². The Balaban J connectivity index is 2.50. The summed E-state index contributed by atoms with van der Waals surface area (Å²) in [5.41, 5.74) is 4.89. The van der Waals surface area contributed by atoms with Gasteiger partial charge in [0.2, 0.25) is 0 Å². The Bertz CT molecular complexity index is 376. The van der Waals surface area contributed by atoms with Gasteiger partial charge >= 0.3 is 18.0 Å². The van der Waals surface area contributed by atoms with Crippen LogP contribution in [0.4, 0.5) is 9.59 Å². The van der Waals surface area contributed by atoms with Crippen molar-refractivity contribution in [2.24, 2.45) is 11.7 Å². The fourth-order valence-electron chi connectivity index (χ4n) is 2.07. The molecule has 0 aromatic carbocycles. The van der Waals surface area contributed by atoms with Crippen molar-refractivity contribution in [1.82, 2.24) is 15.5 Å². The maximum atomic E-state index is 12.0. The van der Waals surface area contributed by atoms with Crippen LogP contribution in [0.15, 0.2) is 0 Å². The molecule has 1 saturated heterocycles. The number of rotatable bonds is 6. The molecule has 2 atom stereocenters. The summed E-state index contributed by atoms with van der Waals surface area (Å²) in [5, 5.41) is 14.0. The van der Waals surface area contributed by atoms with Crippen LogP contribution in [0.3, 0.4) is 0 Å². The molecule has 0 aromatic rings. The van der Waals surface area contributed by atoms with Crippen LogP contribution >= 0.6 is 0 Å². The van der Waals surface area contributed by atoms with Crippen LogP contribution in [0.5, 0.6) is 0 Å². The van der Waals surface area contributed by atoms with Gasteiger partial charge in [-0.15, -0.1) is 0 Å². The van der Waals surface area contributed by atoms with Gasteiger partial charge in [-0.05, 0) is 6.92 Å². The molecule has 1 aliphatic rings. The van der Waals surface area contributed by atoms with Crippen molar-refractivity contribution in [2.75, 3.05) is 32.8 Å². The Hall–Kier alpha value is -2.03. The Morgan fingerprint density at radius 2 is 1.95 bits per heavy atom. The maximum Gasteiger partial charge on any atom is 0.317 e. The molecule has 20 heavy (non-hydrogen) atoms. The first kappa shape index (κ1) is 16.0. The zero-order chi connectivity index (χ0) is 15.1. The first-order valence-corrected chi connectivity index (χ1v) is 6.35. The monoisotopic (exact) mass is 288 g/mol. The van der Waals surface area contributed by atoms with E-state index in [-0.39, 0.29) is 32.3 Å². The Morgan fingerprint density at radius 3 is 2.50 bits per heavy atom. The number of carbonyl (C=O) groups excluding carboxylic acids is 2. The summed E-state index contributed by atoms with van der Waals surface area (Å²) < 4.78 is 5.15. The SMILES string of the molecule is CCN(C(=O)NCCNC(N)=O)C1COCC1C(=O)O. The third-order valence-corrected chi connectivity index (χ3v) is 3.07. The molecule has 0 saturated carbocycles. The van der Waals surface area contributed by atoms with E-state index in [0.29, 0.717) is 6.54 Å². The fourth-order valence-corrected chi connectivity index (χ4v) is 2.07. The minimum atomic E-state index is -0.978. The Kier molecular flexibility index (Phi) is 6.04. The van der Waals surface area contributed by atoms with Gasteiger partial charge in [-0.25, -0.2) is 9.59 Å². The van der Waals surface area contributed by atoms with Crippen LogP contribution in [-0.4, -0.2) is 66.9 Å². The van der Waals surface area contributed by atoms with Crippen molar-refractivity contribution >= 4 is 18.0 Å². The zero-order valence-corrected chi connectivity index (χ0v) is 11.3. The highest BCUT2D eigenvalue weighted by Crippen LogP contribution is 2.20. The second kappa shape index (κ2) is 7.53. The number of nitrogens with zero attached hydrogens (tertiary/aromatic N) is 1. The molecule has 1 fully saturated rings. The van der Waals surface area contributed by atoms with Crippen molar-refractivity contribution in [3.05, 3.63) is 0 Å². The van der Waals surface area contributed by atoms with Crippen LogP contribution in [-0.2, 0) is 9.53 Å². The highest BCUT2D eigenvalue weighted by Gasteiger charge is 2.39. The number of carboxylic acids is 1. The summed E-state index contributed by atoms with van der Waals surface area (Å²) >= 11 is 0. The minimum absolute atomic E-state index is 0.104. The predicted molar refractivity (Wildman–Crippen MR) is 69.1 cm³/mol. The summed E-state index contributed by atoms with van der Waals surface area (Å²) in [6.07, 6.45) is 0. The maximum absolute atomic E-state index is 12.0. The lowest BCUT2D eigenvalue weighted by molar-refractivity contribution is -0.142. The molecule has 0 spiro atoms. The normalized spacial score (nSPS) is 21.2. The van der Waals surface area contributed by atoms with E-state index in [4.69, 9.17) is 15.6 Å². The van der Waals surface area contributed by atoms with Gasteiger partial charge in [0.05, 0.1) is 19.3 Å². The van der Waals surface area contributed by atoms with E-state index in [1.165, 1.54) is 4.90 Å². The summed E-state index contributed by atoms with van der Waals surface area (Å²) in [6.45, 7) is 2.86. The zero-order valence-electron chi connectivity index (χ0n) is 11.3. The van der Waals surface area contributed by atoms with E-state index in [2.05, 4.69) is 10.6 Å². The molecule has 0 bridgehead atoms. The number of carbonyl (C=O) groups is 3. The van der Waals surface area contributed by atoms with E-state index in [0.717, 1.165) is 0 Å². The molecule has 0 aliphatic carbocycles. The third-order valence-electron chi connectivity index (χ3n) is 3.07. The highest BCUT2D eigenvalue weighted by molar-refractivity contribution is 5.77. The standard InChI is InChI=1S/C11H20N4O5/c1-2-15(8-6-20-5-7(8)9(16)17)11(19)14-4-3-13-10(12)18/h7-8H,2-6H2,1H3,(H,14,19)(H,16,17)(H3,12,13,18). The highest BCUT2D eigenvalue weighted by atomic mass is 16.5. The van der Waals surface area contributed by atoms with Gasteiger partial charge in [-0.1, -0.05) is 0 Å². The van der Waals surface area contributed by atoms with E-state index in [9.17, 15) is 14.4 Å². The van der Waals surface area contributed by atoms with Crippen LogP contribution < -0.4 is 16.4 Å². The molecule has 1 rings (SSSR count). The first-order valence-electron chi connectivity index (χ1n) is 6.35. The topological polar surface area (TPSA) is 134 Å². The number of carboxylic acid groups (broad SMARTS) is 1. The van der Waals surface area contributed by atoms with Gasteiger partial charge in [-0.2, -0.15) is 0 Å². The van der Waals surface area contributed by atoms with E-state index in [1.54, 1.807) is 6.92 Å². The molecule has 5 N–H and O–H groups in total. The van der Waals surface area contributed by atoms with E-state index >= 15 is 0 Å². The average molecular weight is 288 g/mol. The van der Waals surface area contributed by atoms with Gasteiger partial charge in [0.25, 0.3) is 0 Å². The van der Waals surface area contributed by atoms with Crippen LogP contribution in [0.2, 0.25) is 0 Å². The Labute approximate surface area is 116 Å². The second-order valence-electron chi connectivity index (χ2n) is 4.36. The van der Waals surface area contributed by atoms with Gasteiger partial charge in [0, 0.05) is 19.6 Å². The Morgan fingerprint density at radius 1 is 1.30 bits per heavy atom. The van der Waals surface area contributed by atoms with Crippen molar-refractivity contribution < 1.29 is 24.2 Å². The van der Waals surface area contributed by atoms with Crippen molar-refractivity contribution in [3.8, 4) is 0 Å². The molecule has 4 amide bonds. The average Bonchev–Trinajstić information content (AvgIpc) is 2.84. The number of hydrogen-bond acceptors (Lipinski definition) is 4. The van der Waals surface area contributed by atoms with E-state index < -0.39 is 24.0 Å². The lowest BCUT2D eigenvalue weighted by Gasteiger charge is -2.29. The molecule has 9 nitrogen and oxygen atoms in total. The summed E-state index contributed by atoms with van der Waals surface area (Å²) in [7, 11) is 0. The van der Waals surface area contributed by atoms with Crippen LogP contribution in [0, 0.1) is 5.92 Å². The van der Waals surface area contributed by atoms with Gasteiger partial charge in [0.1, 0.15) is 5.92 Å². The largest absolute Gasteiger partial charge is 0.481 e. The molecular formula is C11H20N4O5. The number of urea groups is 2. The first-order chi connectivity index (χ1) is 9.47. The molecule has 0 aromatic heterocycles. The quantitative estimate of drug-likeness (QED) is 0.455. The summed E-state index contributed by atoms with van der Waals surface area (Å²) in [4.78, 5) is 35.0. The molecule has 2 unspecified atom stereocenters. The molecule has 9 heteroatoms. The number of likely N-dealkylation sites (N-methyl/N-ethyl adjacent to an activating group) is 1. The lowest BCUT2D eigenvalue weighted by atomic mass is 10.0. The van der Waals surface area contributed by atoms with Gasteiger partial charge in [-0.3, -0.25) is 4.79 Å². The van der Waals surface area contributed by atoms with Crippen LogP contribution in [0.1, 0.15) is 6.92 Å². The van der Waals surface area contributed by atoms with Crippen molar-refractivity contribution in [1.29, 1.82) is 0 Å². The minimum Gasteiger partial charge on any atom is -0.481 e. The number of nitrogens with two attached hydrogens (primary N) is 1. The number of primary amides is 1. The van der Waals surface area contributed by atoms with Crippen LogP contribution in [0.25, 0.3) is 0 Å². The van der Waals surface area contributed by atoms with Crippen molar-refractivity contribution in [3.63, 3.8) is 0 Å². The molecule has 1 aliphatic heterocycles. The third kappa shape index (κ3) is 4.26. The number of aliphatic carboxylic acids is 1. The fraction of sp³-hybridized carbons (Fsp3) is 0.727. The van der Waals surface area contributed by atoms with Gasteiger partial charge < -0.3 is 31.1 Å². The molecule has 1 heterocycles. The van der Waals surface area contributed by atoms with E-state index in [1.807, 2.05) is 0 Å². The molecule has 114 valence electrons. The smallest absolute Gasteiger partial charge is 0.317 e. The predicted octanol–water partition coefficient (Wildman–Crippen LogP) is -1.21. The van der Waals surface area contributed by atoms with Gasteiger partial charge in [0.15, 0.2) is 0 Å². The summed E-state index contributed by atoms with van der Waals surface area (Å²) in [6, 6.07) is -1.54. The number of ether oxygens (including phenoxy) is 1. The number of hydrogen-bond donors (Lipinski definition) is 4. The number of nitrogens with one attached hydrogen (secondary N) is 2. The molecule has 0 radical (unpaired) electrons. The lowest BCUT2D eigenvalue weighted by Crippen LogP contribution is -2.51. The summed E-state index contributed by atoms with van der Waals surface area (Å²) in [5.74, 6) is -1.70. The molecular weight excluding hydrogens is 268 g/mol.